The lowest BCUT2D eigenvalue weighted by Gasteiger charge is -2.17. The van der Waals surface area contributed by atoms with Crippen molar-refractivity contribution in [3.8, 4) is 0 Å². The Labute approximate surface area is 122 Å². The Morgan fingerprint density at radius 3 is 2.35 bits per heavy atom. The van der Waals surface area contributed by atoms with Crippen LogP contribution >= 0.6 is 0 Å². The molecule has 0 aliphatic rings. The van der Waals surface area contributed by atoms with Crippen molar-refractivity contribution in [3.05, 3.63) is 35.4 Å². The van der Waals surface area contributed by atoms with Crippen LogP contribution in [0.5, 0.6) is 0 Å². The molecule has 0 bridgehead atoms. The number of ether oxygens (including phenoxy) is 3. The van der Waals surface area contributed by atoms with Crippen molar-refractivity contribution in [3.63, 3.8) is 0 Å². The van der Waals surface area contributed by atoms with Gasteiger partial charge in [0.1, 0.15) is 0 Å². The van der Waals surface area contributed by atoms with E-state index in [0.29, 0.717) is 19.8 Å². The molecule has 1 aromatic rings. The van der Waals surface area contributed by atoms with Crippen LogP contribution in [0.2, 0.25) is 0 Å². The summed E-state index contributed by atoms with van der Waals surface area (Å²) in [4.78, 5) is 0. The van der Waals surface area contributed by atoms with Crippen molar-refractivity contribution in [2.75, 3.05) is 47.2 Å². The van der Waals surface area contributed by atoms with Crippen LogP contribution in [0.15, 0.2) is 24.3 Å². The molecule has 1 N–H and O–H groups in total. The minimum absolute atomic E-state index is 0.241. The highest BCUT2D eigenvalue weighted by Crippen LogP contribution is 2.13. The number of hydrogen-bond donors (Lipinski definition) is 1. The summed E-state index contributed by atoms with van der Waals surface area (Å²) >= 11 is 0. The lowest BCUT2D eigenvalue weighted by atomic mass is 10.1. The Morgan fingerprint density at radius 2 is 1.70 bits per heavy atom. The molecule has 20 heavy (non-hydrogen) atoms. The number of hydrogen-bond acceptors (Lipinski definition) is 4. The zero-order valence-electron chi connectivity index (χ0n) is 12.9. The Bertz CT molecular complexity index is 340. The lowest BCUT2D eigenvalue weighted by Crippen LogP contribution is -2.22. The van der Waals surface area contributed by atoms with E-state index in [1.165, 1.54) is 11.1 Å². The van der Waals surface area contributed by atoms with Gasteiger partial charge in [0.15, 0.2) is 0 Å². The molecular weight excluding hydrogens is 254 g/mol. The van der Waals surface area contributed by atoms with Gasteiger partial charge in [0.25, 0.3) is 0 Å². The van der Waals surface area contributed by atoms with Crippen LogP contribution in [-0.2, 0) is 14.2 Å². The third kappa shape index (κ3) is 7.01. The fourth-order valence-corrected chi connectivity index (χ4v) is 1.85. The molecule has 0 aromatic heterocycles. The number of rotatable bonds is 11. The fourth-order valence-electron chi connectivity index (χ4n) is 1.85. The van der Waals surface area contributed by atoms with Crippen molar-refractivity contribution in [2.45, 2.75) is 19.4 Å². The molecule has 0 amide bonds. The second-order valence-electron chi connectivity index (χ2n) is 4.79. The summed E-state index contributed by atoms with van der Waals surface area (Å²) in [6, 6.07) is 8.79. The number of aryl methyl sites for hydroxylation is 1. The Balaban J connectivity index is 2.14. The molecule has 114 valence electrons. The average Bonchev–Trinajstić information content (AvgIpc) is 2.47. The molecule has 0 fully saturated rings. The van der Waals surface area contributed by atoms with Gasteiger partial charge in [-0.1, -0.05) is 29.8 Å². The first-order valence-electron chi connectivity index (χ1n) is 7.16. The van der Waals surface area contributed by atoms with E-state index < -0.39 is 0 Å². The summed E-state index contributed by atoms with van der Waals surface area (Å²) in [5, 5.41) is 3.28. The van der Waals surface area contributed by atoms with Gasteiger partial charge in [0.05, 0.1) is 25.9 Å². The first-order chi connectivity index (χ1) is 9.77. The van der Waals surface area contributed by atoms with E-state index in [-0.39, 0.29) is 6.04 Å². The zero-order chi connectivity index (χ0) is 14.6. The summed E-state index contributed by atoms with van der Waals surface area (Å²) in [5.74, 6) is 0. The van der Waals surface area contributed by atoms with Gasteiger partial charge in [-0.25, -0.2) is 0 Å². The predicted molar refractivity (Wildman–Crippen MR) is 81.1 cm³/mol. The molecule has 0 radical (unpaired) electrons. The maximum atomic E-state index is 5.70. The smallest absolute Gasteiger partial charge is 0.0700 e. The Hall–Kier alpha value is -0.940. The van der Waals surface area contributed by atoms with Gasteiger partial charge in [-0.2, -0.15) is 0 Å². The first kappa shape index (κ1) is 17.1. The highest BCUT2D eigenvalue weighted by atomic mass is 16.5. The van der Waals surface area contributed by atoms with E-state index in [1.54, 1.807) is 7.11 Å². The highest BCUT2D eigenvalue weighted by molar-refractivity contribution is 5.24. The molecule has 1 atom stereocenters. The van der Waals surface area contributed by atoms with Gasteiger partial charge in [0, 0.05) is 20.3 Å². The quantitative estimate of drug-likeness (QED) is 0.632. The molecule has 0 aliphatic carbocycles. The van der Waals surface area contributed by atoms with Crippen LogP contribution in [0, 0.1) is 6.92 Å². The van der Waals surface area contributed by atoms with E-state index in [4.69, 9.17) is 14.2 Å². The summed E-state index contributed by atoms with van der Waals surface area (Å²) in [7, 11) is 3.64. The topological polar surface area (TPSA) is 39.7 Å². The minimum atomic E-state index is 0.241. The molecule has 0 saturated heterocycles. The van der Waals surface area contributed by atoms with Crippen molar-refractivity contribution in [1.29, 1.82) is 0 Å². The highest BCUT2D eigenvalue weighted by Gasteiger charge is 2.08. The van der Waals surface area contributed by atoms with Crippen LogP contribution in [0.1, 0.15) is 23.6 Å². The molecule has 0 saturated carbocycles. The number of likely N-dealkylation sites (N-methyl/N-ethyl adjacent to an activating group) is 1. The molecule has 1 unspecified atom stereocenters. The van der Waals surface area contributed by atoms with Crippen molar-refractivity contribution in [1.82, 2.24) is 5.32 Å². The summed E-state index contributed by atoms with van der Waals surface area (Å²) in [6.45, 7) is 5.51. The van der Waals surface area contributed by atoms with Crippen LogP contribution in [0.25, 0.3) is 0 Å². The monoisotopic (exact) mass is 281 g/mol. The molecule has 4 heteroatoms. The van der Waals surface area contributed by atoms with E-state index in [1.807, 2.05) is 7.05 Å². The van der Waals surface area contributed by atoms with E-state index >= 15 is 0 Å². The molecule has 1 aromatic carbocycles. The van der Waals surface area contributed by atoms with Gasteiger partial charge in [0.2, 0.25) is 0 Å². The van der Waals surface area contributed by atoms with Crippen molar-refractivity contribution >= 4 is 0 Å². The number of methoxy groups -OCH3 is 1. The summed E-state index contributed by atoms with van der Waals surface area (Å²) in [5.41, 5.74) is 2.53. The molecular formula is C16H27NO3. The third-order valence-electron chi connectivity index (χ3n) is 3.12. The molecule has 0 aliphatic heterocycles. The van der Waals surface area contributed by atoms with E-state index in [0.717, 1.165) is 19.6 Å². The zero-order valence-corrected chi connectivity index (χ0v) is 12.9. The predicted octanol–water partition coefficient (Wildman–Crippen LogP) is 2.33. The average molecular weight is 281 g/mol. The van der Waals surface area contributed by atoms with Gasteiger partial charge in [-0.3, -0.25) is 0 Å². The van der Waals surface area contributed by atoms with Crippen molar-refractivity contribution < 1.29 is 14.2 Å². The van der Waals surface area contributed by atoms with Gasteiger partial charge in [-0.05, 0) is 26.0 Å². The van der Waals surface area contributed by atoms with Crippen LogP contribution in [0.3, 0.4) is 0 Å². The maximum Gasteiger partial charge on any atom is 0.0700 e. The largest absolute Gasteiger partial charge is 0.382 e. The van der Waals surface area contributed by atoms with E-state index in [2.05, 4.69) is 36.5 Å². The normalized spacial score (nSPS) is 12.6. The lowest BCUT2D eigenvalue weighted by molar-refractivity contribution is 0.0478. The van der Waals surface area contributed by atoms with E-state index in [9.17, 15) is 0 Å². The number of nitrogens with one attached hydrogen (secondary N) is 1. The van der Waals surface area contributed by atoms with Gasteiger partial charge < -0.3 is 19.5 Å². The fraction of sp³-hybridized carbons (Fsp3) is 0.625. The second kappa shape index (κ2) is 10.8. The SMILES string of the molecule is CNC(COCCCOCCOC)c1ccc(C)cc1. The minimum Gasteiger partial charge on any atom is -0.382 e. The van der Waals surface area contributed by atoms with Gasteiger partial charge >= 0.3 is 0 Å². The summed E-state index contributed by atoms with van der Waals surface area (Å²) in [6.07, 6.45) is 0.911. The first-order valence-corrected chi connectivity index (χ1v) is 7.16. The second-order valence-corrected chi connectivity index (χ2v) is 4.79. The Kier molecular flexibility index (Phi) is 9.24. The maximum absolute atomic E-state index is 5.70. The standard InChI is InChI=1S/C16H27NO3/c1-14-5-7-15(8-6-14)16(17-2)13-20-10-4-9-19-12-11-18-3/h5-8,16-17H,4,9-13H2,1-3H3. The number of benzene rings is 1. The third-order valence-corrected chi connectivity index (χ3v) is 3.12. The summed E-state index contributed by atoms with van der Waals surface area (Å²) < 4.78 is 16.0. The van der Waals surface area contributed by atoms with Crippen LogP contribution < -0.4 is 5.32 Å². The van der Waals surface area contributed by atoms with Gasteiger partial charge in [-0.15, -0.1) is 0 Å². The van der Waals surface area contributed by atoms with Crippen LogP contribution in [0.4, 0.5) is 0 Å². The Morgan fingerprint density at radius 1 is 1.00 bits per heavy atom. The molecule has 1 rings (SSSR count). The van der Waals surface area contributed by atoms with Crippen LogP contribution in [-0.4, -0.2) is 47.2 Å². The van der Waals surface area contributed by atoms with Crippen molar-refractivity contribution in [2.24, 2.45) is 0 Å². The molecule has 0 spiro atoms. The molecule has 4 nitrogen and oxygen atoms in total. The molecule has 0 heterocycles.